The Bertz CT molecular complexity index is 1300. The first kappa shape index (κ1) is 20.5. The quantitative estimate of drug-likeness (QED) is 0.319. The minimum atomic E-state index is -1.08. The van der Waals surface area contributed by atoms with Gasteiger partial charge in [0.25, 0.3) is 5.22 Å². The number of aliphatic carboxylic acids is 1. The second-order valence-electron chi connectivity index (χ2n) is 6.88. The zero-order valence-electron chi connectivity index (χ0n) is 16.7. The molecule has 0 atom stereocenters. The van der Waals surface area contributed by atoms with Gasteiger partial charge in [-0.05, 0) is 79.7 Å². The standard InChI is InChI=1S/C23H18N2O5S/c1-13-11-16(14(2)25(13)17-9-7-15(8-10-17)21(26)27)12-20(22(28)29)31-23-24-18-5-3-4-6-19(18)30-23/h3-12H,1-2H3,(H,26,27)(H,28,29)/b20-12-. The summed E-state index contributed by atoms with van der Waals surface area (Å²) in [7, 11) is 0. The monoisotopic (exact) mass is 434 g/mol. The Morgan fingerprint density at radius 2 is 1.77 bits per heavy atom. The summed E-state index contributed by atoms with van der Waals surface area (Å²) in [5.74, 6) is -2.07. The number of thioether (sulfide) groups is 1. The number of aryl methyl sites for hydroxylation is 1. The Balaban J connectivity index is 1.69. The number of rotatable bonds is 6. The van der Waals surface area contributed by atoms with Crippen molar-refractivity contribution in [3.63, 3.8) is 0 Å². The summed E-state index contributed by atoms with van der Waals surface area (Å²) in [6.45, 7) is 3.79. The van der Waals surface area contributed by atoms with Crippen molar-refractivity contribution in [2.24, 2.45) is 0 Å². The van der Waals surface area contributed by atoms with Crippen molar-refractivity contribution in [1.82, 2.24) is 9.55 Å². The van der Waals surface area contributed by atoms with Crippen LogP contribution >= 0.6 is 11.8 Å². The Kier molecular flexibility index (Phi) is 5.39. The summed E-state index contributed by atoms with van der Waals surface area (Å²) >= 11 is 0.951. The third-order valence-electron chi connectivity index (χ3n) is 4.81. The van der Waals surface area contributed by atoms with Gasteiger partial charge in [0, 0.05) is 17.1 Å². The molecule has 0 aliphatic heterocycles. The highest BCUT2D eigenvalue weighted by Crippen LogP contribution is 2.32. The number of fused-ring (bicyclic) bond motifs is 1. The second kappa shape index (κ2) is 8.16. The van der Waals surface area contributed by atoms with E-state index in [1.807, 2.05) is 36.6 Å². The molecule has 0 aliphatic rings. The first-order chi connectivity index (χ1) is 14.8. The third kappa shape index (κ3) is 4.10. The van der Waals surface area contributed by atoms with Gasteiger partial charge in [0.05, 0.1) is 5.56 Å². The number of carboxylic acid groups (broad SMARTS) is 2. The topological polar surface area (TPSA) is 106 Å². The molecule has 2 N–H and O–H groups in total. The van der Waals surface area contributed by atoms with Gasteiger partial charge < -0.3 is 19.2 Å². The van der Waals surface area contributed by atoms with E-state index in [1.54, 1.807) is 30.3 Å². The number of para-hydroxylation sites is 2. The van der Waals surface area contributed by atoms with Gasteiger partial charge in [0.15, 0.2) is 5.58 Å². The number of hydrogen-bond acceptors (Lipinski definition) is 5. The van der Waals surface area contributed by atoms with Crippen LogP contribution in [0, 0.1) is 13.8 Å². The van der Waals surface area contributed by atoms with Crippen molar-refractivity contribution in [1.29, 1.82) is 0 Å². The summed E-state index contributed by atoms with van der Waals surface area (Å²) < 4.78 is 7.59. The van der Waals surface area contributed by atoms with Gasteiger partial charge in [-0.1, -0.05) is 12.1 Å². The van der Waals surface area contributed by atoms with Crippen LogP contribution in [0.5, 0.6) is 0 Å². The molecule has 4 aromatic rings. The van der Waals surface area contributed by atoms with E-state index in [9.17, 15) is 14.7 Å². The van der Waals surface area contributed by atoms with Gasteiger partial charge >= 0.3 is 11.9 Å². The van der Waals surface area contributed by atoms with Crippen LogP contribution in [-0.4, -0.2) is 31.7 Å². The van der Waals surface area contributed by atoms with Crippen molar-refractivity contribution < 1.29 is 24.2 Å². The zero-order chi connectivity index (χ0) is 22.1. The van der Waals surface area contributed by atoms with Gasteiger partial charge in [-0.2, -0.15) is 0 Å². The zero-order valence-corrected chi connectivity index (χ0v) is 17.5. The molecule has 0 bridgehead atoms. The number of hydrogen-bond donors (Lipinski definition) is 2. The lowest BCUT2D eigenvalue weighted by atomic mass is 10.2. The van der Waals surface area contributed by atoms with Crippen LogP contribution in [0.25, 0.3) is 22.9 Å². The maximum atomic E-state index is 11.9. The van der Waals surface area contributed by atoms with Gasteiger partial charge in [-0.3, -0.25) is 0 Å². The van der Waals surface area contributed by atoms with Gasteiger partial charge in [-0.25, -0.2) is 14.6 Å². The predicted molar refractivity (Wildman–Crippen MR) is 118 cm³/mol. The number of aromatic nitrogens is 2. The predicted octanol–water partition coefficient (Wildman–Crippen LogP) is 5.15. The Hall–Kier alpha value is -3.78. The number of carbonyl (C=O) groups is 2. The second-order valence-corrected chi connectivity index (χ2v) is 7.87. The van der Waals surface area contributed by atoms with Crippen LogP contribution in [0.15, 0.2) is 69.1 Å². The lowest BCUT2D eigenvalue weighted by Gasteiger charge is -2.10. The molecule has 0 radical (unpaired) electrons. The Morgan fingerprint density at radius 1 is 1.06 bits per heavy atom. The maximum Gasteiger partial charge on any atom is 0.342 e. The fraction of sp³-hybridized carbons (Fsp3) is 0.0870. The number of nitrogens with zero attached hydrogens (tertiary/aromatic N) is 2. The average molecular weight is 434 g/mol. The molecule has 4 rings (SSSR count). The van der Waals surface area contributed by atoms with Crippen molar-refractivity contribution in [2.45, 2.75) is 19.1 Å². The minimum absolute atomic E-state index is 0.0769. The Morgan fingerprint density at radius 3 is 2.42 bits per heavy atom. The molecule has 2 aromatic carbocycles. The maximum absolute atomic E-state index is 11.9. The molecular weight excluding hydrogens is 416 g/mol. The molecule has 2 heterocycles. The molecule has 31 heavy (non-hydrogen) atoms. The summed E-state index contributed by atoms with van der Waals surface area (Å²) in [5, 5.41) is 19.1. The molecule has 0 saturated carbocycles. The molecule has 8 heteroatoms. The van der Waals surface area contributed by atoms with E-state index in [-0.39, 0.29) is 15.7 Å². The van der Waals surface area contributed by atoms with Gasteiger partial charge in [0.1, 0.15) is 10.4 Å². The van der Waals surface area contributed by atoms with Crippen molar-refractivity contribution >= 4 is 40.9 Å². The summed E-state index contributed by atoms with van der Waals surface area (Å²) in [6, 6.07) is 15.7. The molecular formula is C23H18N2O5S. The van der Waals surface area contributed by atoms with Crippen LogP contribution in [0.3, 0.4) is 0 Å². The van der Waals surface area contributed by atoms with E-state index in [4.69, 9.17) is 9.52 Å². The van der Waals surface area contributed by atoms with E-state index in [0.29, 0.717) is 11.1 Å². The van der Waals surface area contributed by atoms with Crippen LogP contribution in [0.4, 0.5) is 0 Å². The van der Waals surface area contributed by atoms with E-state index < -0.39 is 11.9 Å². The first-order valence-corrected chi connectivity index (χ1v) is 10.2. The van der Waals surface area contributed by atoms with Gasteiger partial charge in [0.2, 0.25) is 0 Å². The first-order valence-electron chi connectivity index (χ1n) is 9.34. The lowest BCUT2D eigenvalue weighted by Crippen LogP contribution is -2.01. The highest BCUT2D eigenvalue weighted by atomic mass is 32.2. The van der Waals surface area contributed by atoms with Crippen LogP contribution in [0.2, 0.25) is 0 Å². The normalized spacial score (nSPS) is 11.7. The molecule has 0 saturated heterocycles. The van der Waals surface area contributed by atoms with Crippen molar-refractivity contribution in [3.05, 3.63) is 82.0 Å². The lowest BCUT2D eigenvalue weighted by molar-refractivity contribution is -0.131. The minimum Gasteiger partial charge on any atom is -0.478 e. The van der Waals surface area contributed by atoms with E-state index in [0.717, 1.165) is 34.4 Å². The largest absolute Gasteiger partial charge is 0.478 e. The summed E-state index contributed by atoms with van der Waals surface area (Å²) in [4.78, 5) is 27.4. The molecule has 0 aliphatic carbocycles. The van der Waals surface area contributed by atoms with Crippen LogP contribution in [-0.2, 0) is 4.79 Å². The molecule has 7 nitrogen and oxygen atoms in total. The Labute approximate surface area is 181 Å². The van der Waals surface area contributed by atoms with Crippen molar-refractivity contribution in [2.75, 3.05) is 0 Å². The summed E-state index contributed by atoms with van der Waals surface area (Å²) in [5.41, 5.74) is 4.72. The number of aromatic carboxylic acids is 1. The van der Waals surface area contributed by atoms with Gasteiger partial charge in [-0.15, -0.1) is 0 Å². The smallest absolute Gasteiger partial charge is 0.342 e. The number of carboxylic acids is 2. The van der Waals surface area contributed by atoms with E-state index in [2.05, 4.69) is 4.98 Å². The highest BCUT2D eigenvalue weighted by molar-refractivity contribution is 8.03. The number of benzene rings is 2. The molecule has 0 unspecified atom stereocenters. The van der Waals surface area contributed by atoms with Crippen LogP contribution in [0.1, 0.15) is 27.3 Å². The SMILES string of the molecule is Cc1cc(/C=C(\Sc2nc3ccccc3o2)C(=O)O)c(C)n1-c1ccc(C(=O)O)cc1. The molecule has 0 amide bonds. The van der Waals surface area contributed by atoms with Crippen LogP contribution < -0.4 is 0 Å². The fourth-order valence-corrected chi connectivity index (χ4v) is 4.09. The summed E-state index contributed by atoms with van der Waals surface area (Å²) in [6.07, 6.45) is 1.59. The fourth-order valence-electron chi connectivity index (χ4n) is 3.35. The highest BCUT2D eigenvalue weighted by Gasteiger charge is 2.17. The average Bonchev–Trinajstić information content (AvgIpc) is 3.27. The van der Waals surface area contributed by atoms with E-state index in [1.165, 1.54) is 12.1 Å². The molecule has 2 aromatic heterocycles. The molecule has 156 valence electrons. The van der Waals surface area contributed by atoms with E-state index >= 15 is 0 Å². The van der Waals surface area contributed by atoms with Crippen molar-refractivity contribution in [3.8, 4) is 5.69 Å². The number of oxazole rings is 1. The molecule has 0 fully saturated rings. The third-order valence-corrected chi connectivity index (χ3v) is 5.67. The molecule has 0 spiro atoms.